The fourth-order valence-corrected chi connectivity index (χ4v) is 1.90. The van der Waals surface area contributed by atoms with Crippen molar-refractivity contribution in [1.82, 2.24) is 10.3 Å². The molecule has 0 aliphatic rings. The second kappa shape index (κ2) is 5.60. The topological polar surface area (TPSA) is 126 Å². The van der Waals surface area contributed by atoms with Crippen LogP contribution in [0, 0.1) is 6.92 Å². The zero-order chi connectivity index (χ0) is 13.0. The third-order valence-electron chi connectivity index (χ3n) is 2.01. The van der Waals surface area contributed by atoms with Crippen LogP contribution >= 0.6 is 11.3 Å². The second-order valence-corrected chi connectivity index (χ2v) is 4.40. The Morgan fingerprint density at radius 3 is 2.71 bits per heavy atom. The minimum Gasteiger partial charge on any atom is -0.479 e. The molecule has 1 aromatic heterocycles. The average Bonchev–Trinajstić information content (AvgIpc) is 2.57. The molecule has 7 nitrogen and oxygen atoms in total. The van der Waals surface area contributed by atoms with Crippen LogP contribution in [0.25, 0.3) is 0 Å². The molecule has 5 N–H and O–H groups in total. The molecular weight excluding hydrogens is 246 g/mol. The molecule has 1 heterocycles. The van der Waals surface area contributed by atoms with Crippen LogP contribution in [0.3, 0.4) is 0 Å². The van der Waals surface area contributed by atoms with Crippen LogP contribution in [0.2, 0.25) is 0 Å². The predicted molar refractivity (Wildman–Crippen MR) is 61.9 cm³/mol. The highest BCUT2D eigenvalue weighted by atomic mass is 32.1. The summed E-state index contributed by atoms with van der Waals surface area (Å²) in [6.45, 7) is 1.73. The number of thiazole rings is 1. The maximum Gasteiger partial charge on any atom is 0.332 e. The van der Waals surface area contributed by atoms with E-state index >= 15 is 0 Å². The molecule has 0 bridgehead atoms. The van der Waals surface area contributed by atoms with E-state index in [0.717, 1.165) is 11.3 Å². The highest BCUT2D eigenvalue weighted by molar-refractivity contribution is 7.17. The van der Waals surface area contributed by atoms with E-state index in [1.807, 2.05) is 0 Å². The summed E-state index contributed by atoms with van der Waals surface area (Å²) in [7, 11) is 0. The molecule has 0 spiro atoms. The number of carbonyl (C=O) groups excluding carboxylic acids is 1. The average molecular weight is 259 g/mol. The van der Waals surface area contributed by atoms with Crippen molar-refractivity contribution in [2.45, 2.75) is 19.4 Å². The third-order valence-corrected chi connectivity index (χ3v) is 2.99. The SMILES string of the molecule is Cc1nc(N)sc1C(=O)NCC[C@H](O)C(=O)O. The summed E-state index contributed by atoms with van der Waals surface area (Å²) < 4.78 is 0. The van der Waals surface area contributed by atoms with Gasteiger partial charge in [-0.1, -0.05) is 11.3 Å². The normalized spacial score (nSPS) is 12.1. The summed E-state index contributed by atoms with van der Waals surface area (Å²) in [5, 5.41) is 20.2. The Kier molecular flexibility index (Phi) is 4.41. The van der Waals surface area contributed by atoms with Gasteiger partial charge < -0.3 is 21.3 Å². The van der Waals surface area contributed by atoms with E-state index in [-0.39, 0.29) is 18.9 Å². The molecule has 17 heavy (non-hydrogen) atoms. The number of carboxylic acid groups (broad SMARTS) is 1. The van der Waals surface area contributed by atoms with Crippen molar-refractivity contribution in [2.75, 3.05) is 12.3 Å². The van der Waals surface area contributed by atoms with Gasteiger partial charge in [-0.2, -0.15) is 0 Å². The highest BCUT2D eigenvalue weighted by Crippen LogP contribution is 2.19. The zero-order valence-corrected chi connectivity index (χ0v) is 9.95. The fraction of sp³-hybridized carbons (Fsp3) is 0.444. The highest BCUT2D eigenvalue weighted by Gasteiger charge is 2.16. The number of nitrogens with zero attached hydrogens (tertiary/aromatic N) is 1. The van der Waals surface area contributed by atoms with Gasteiger partial charge in [0.15, 0.2) is 11.2 Å². The smallest absolute Gasteiger partial charge is 0.332 e. The monoisotopic (exact) mass is 259 g/mol. The Balaban J connectivity index is 2.45. The van der Waals surface area contributed by atoms with Crippen LogP contribution in [0.15, 0.2) is 0 Å². The summed E-state index contributed by atoms with van der Waals surface area (Å²) in [5.41, 5.74) is 5.97. The Bertz CT molecular complexity index is 432. The van der Waals surface area contributed by atoms with Gasteiger partial charge in [-0.15, -0.1) is 0 Å². The number of rotatable bonds is 5. The van der Waals surface area contributed by atoms with Crippen LogP contribution in [-0.2, 0) is 4.79 Å². The number of carbonyl (C=O) groups is 2. The van der Waals surface area contributed by atoms with Gasteiger partial charge in [-0.25, -0.2) is 9.78 Å². The van der Waals surface area contributed by atoms with Gasteiger partial charge in [0.2, 0.25) is 0 Å². The molecule has 0 aliphatic carbocycles. The molecule has 0 aromatic carbocycles. The molecule has 0 saturated heterocycles. The number of nitrogens with one attached hydrogen (secondary N) is 1. The molecule has 1 amide bonds. The molecule has 1 rings (SSSR count). The lowest BCUT2D eigenvalue weighted by Crippen LogP contribution is -2.29. The number of aliphatic carboxylic acids is 1. The van der Waals surface area contributed by atoms with Crippen LogP contribution in [-0.4, -0.2) is 39.7 Å². The van der Waals surface area contributed by atoms with Crippen molar-refractivity contribution in [3.8, 4) is 0 Å². The largest absolute Gasteiger partial charge is 0.479 e. The molecule has 1 aromatic rings. The number of carboxylic acids is 1. The van der Waals surface area contributed by atoms with Crippen molar-refractivity contribution >= 4 is 28.3 Å². The number of amides is 1. The van der Waals surface area contributed by atoms with Crippen molar-refractivity contribution < 1.29 is 19.8 Å². The predicted octanol–water partition coefficient (Wildman–Crippen LogP) is -0.401. The number of aliphatic hydroxyl groups is 1. The maximum absolute atomic E-state index is 11.6. The Morgan fingerprint density at radius 2 is 2.24 bits per heavy atom. The number of anilines is 1. The summed E-state index contributed by atoms with van der Waals surface area (Å²) in [6.07, 6.45) is -1.52. The fourth-order valence-electron chi connectivity index (χ4n) is 1.15. The molecule has 0 fully saturated rings. The summed E-state index contributed by atoms with van der Waals surface area (Å²) >= 11 is 1.06. The Hall–Kier alpha value is -1.67. The van der Waals surface area contributed by atoms with Gasteiger partial charge in [0.1, 0.15) is 4.88 Å². The second-order valence-electron chi connectivity index (χ2n) is 3.37. The number of hydrogen-bond acceptors (Lipinski definition) is 6. The van der Waals surface area contributed by atoms with Gasteiger partial charge in [0, 0.05) is 13.0 Å². The number of nitrogen functional groups attached to an aromatic ring is 1. The van der Waals surface area contributed by atoms with E-state index in [4.69, 9.17) is 15.9 Å². The molecule has 0 unspecified atom stereocenters. The van der Waals surface area contributed by atoms with E-state index < -0.39 is 12.1 Å². The molecule has 0 saturated carbocycles. The first kappa shape index (κ1) is 13.4. The first-order chi connectivity index (χ1) is 7.91. The minimum absolute atomic E-state index is 0.0472. The van der Waals surface area contributed by atoms with E-state index in [0.29, 0.717) is 15.7 Å². The van der Waals surface area contributed by atoms with Crippen molar-refractivity contribution in [3.63, 3.8) is 0 Å². The van der Waals surface area contributed by atoms with Crippen LogP contribution in [0.5, 0.6) is 0 Å². The zero-order valence-electron chi connectivity index (χ0n) is 9.14. The van der Waals surface area contributed by atoms with E-state index in [9.17, 15) is 9.59 Å². The summed E-state index contributed by atoms with van der Waals surface area (Å²) in [5.74, 6) is -1.67. The van der Waals surface area contributed by atoms with Crippen molar-refractivity contribution in [1.29, 1.82) is 0 Å². The molecule has 1 atom stereocenters. The van der Waals surface area contributed by atoms with E-state index in [2.05, 4.69) is 10.3 Å². The molecule has 94 valence electrons. The standard InChI is InChI=1S/C9H13N3O4S/c1-4-6(17-9(10)12-4)7(14)11-3-2-5(13)8(15)16/h5,13H,2-3H2,1H3,(H2,10,12)(H,11,14)(H,15,16)/t5-/m0/s1. The van der Waals surface area contributed by atoms with Gasteiger partial charge >= 0.3 is 5.97 Å². The number of hydrogen-bond donors (Lipinski definition) is 4. The van der Waals surface area contributed by atoms with Gasteiger partial charge in [0.25, 0.3) is 5.91 Å². The van der Waals surface area contributed by atoms with Crippen LogP contribution in [0.1, 0.15) is 21.8 Å². The first-order valence-corrected chi connectivity index (χ1v) is 5.65. The van der Waals surface area contributed by atoms with E-state index in [1.54, 1.807) is 6.92 Å². The van der Waals surface area contributed by atoms with Gasteiger partial charge in [-0.05, 0) is 6.92 Å². The van der Waals surface area contributed by atoms with E-state index in [1.165, 1.54) is 0 Å². The number of aryl methyl sites for hydroxylation is 1. The summed E-state index contributed by atoms with van der Waals surface area (Å²) in [6, 6.07) is 0. The summed E-state index contributed by atoms with van der Waals surface area (Å²) in [4.78, 5) is 26.2. The molecule has 0 aliphatic heterocycles. The van der Waals surface area contributed by atoms with Crippen molar-refractivity contribution in [3.05, 3.63) is 10.6 Å². The number of aromatic nitrogens is 1. The number of aliphatic hydroxyl groups excluding tert-OH is 1. The number of nitrogens with two attached hydrogens (primary N) is 1. The quantitative estimate of drug-likeness (QED) is 0.570. The maximum atomic E-state index is 11.6. The van der Waals surface area contributed by atoms with Crippen molar-refractivity contribution in [2.24, 2.45) is 0 Å². The lowest BCUT2D eigenvalue weighted by atomic mass is 10.2. The lowest BCUT2D eigenvalue weighted by molar-refractivity contribution is -0.146. The van der Waals surface area contributed by atoms with Gasteiger partial charge in [-0.3, -0.25) is 4.79 Å². The Labute approximate surface area is 101 Å². The Morgan fingerprint density at radius 1 is 1.59 bits per heavy atom. The lowest BCUT2D eigenvalue weighted by Gasteiger charge is -2.06. The van der Waals surface area contributed by atoms with Gasteiger partial charge in [0.05, 0.1) is 5.69 Å². The first-order valence-electron chi connectivity index (χ1n) is 4.83. The van der Waals surface area contributed by atoms with Crippen LogP contribution < -0.4 is 11.1 Å². The molecule has 8 heteroatoms. The van der Waals surface area contributed by atoms with Crippen LogP contribution in [0.4, 0.5) is 5.13 Å². The minimum atomic E-state index is -1.47. The molecular formula is C9H13N3O4S. The molecule has 0 radical (unpaired) electrons. The third kappa shape index (κ3) is 3.68.